The number of nitrogens with one attached hydrogen (secondary N) is 1. The van der Waals surface area contributed by atoms with Crippen molar-refractivity contribution in [3.8, 4) is 0 Å². The molecule has 0 aliphatic rings. The van der Waals surface area contributed by atoms with E-state index in [0.717, 1.165) is 29.4 Å². The number of carbonyl (C=O) groups excluding carboxylic acids is 1. The molecule has 1 N–H and O–H groups in total. The topological polar surface area (TPSA) is 34.0 Å². The van der Waals surface area contributed by atoms with E-state index in [1.807, 2.05) is 42.0 Å². The first kappa shape index (κ1) is 17.6. The van der Waals surface area contributed by atoms with Crippen molar-refractivity contribution in [2.75, 3.05) is 5.32 Å². The molecule has 3 aromatic rings. The Morgan fingerprint density at radius 2 is 1.80 bits per heavy atom. The van der Waals surface area contributed by atoms with E-state index in [2.05, 4.69) is 37.4 Å². The number of hydrogen-bond donors (Lipinski definition) is 1. The molecule has 130 valence electrons. The monoisotopic (exact) mass is 354 g/mol. The van der Waals surface area contributed by atoms with Crippen molar-refractivity contribution in [1.29, 1.82) is 0 Å². The van der Waals surface area contributed by atoms with Crippen molar-refractivity contribution in [3.05, 3.63) is 64.8 Å². The lowest BCUT2D eigenvalue weighted by Crippen LogP contribution is -2.24. The van der Waals surface area contributed by atoms with Crippen LogP contribution >= 0.6 is 11.6 Å². The van der Waals surface area contributed by atoms with E-state index in [0.29, 0.717) is 5.02 Å². The van der Waals surface area contributed by atoms with E-state index in [1.165, 1.54) is 11.1 Å². The second-order valence-corrected chi connectivity index (χ2v) is 6.69. The van der Waals surface area contributed by atoms with Gasteiger partial charge in [-0.15, -0.1) is 0 Å². The highest BCUT2D eigenvalue weighted by molar-refractivity contribution is 6.31. The van der Waals surface area contributed by atoms with Crippen molar-refractivity contribution >= 4 is 34.1 Å². The fourth-order valence-corrected chi connectivity index (χ4v) is 3.41. The molecule has 25 heavy (non-hydrogen) atoms. The number of nitrogens with zero attached hydrogens (tertiary/aromatic N) is 1. The highest BCUT2D eigenvalue weighted by Gasteiger charge is 2.19. The van der Waals surface area contributed by atoms with Gasteiger partial charge in [0.15, 0.2) is 0 Å². The Balaban J connectivity index is 1.91. The van der Waals surface area contributed by atoms with Crippen LogP contribution in [0.3, 0.4) is 0 Å². The standard InChI is InChI=1S/C21H23ClN2O/c1-4-15-7-6-8-16(5-2)20(15)23-21(25)14(3)24-12-11-17-13-18(22)9-10-19(17)24/h6-14H,4-5H2,1-3H3,(H,23,25). The summed E-state index contributed by atoms with van der Waals surface area (Å²) in [6, 6.07) is 13.6. The summed E-state index contributed by atoms with van der Waals surface area (Å²) in [7, 11) is 0. The summed E-state index contributed by atoms with van der Waals surface area (Å²) in [4.78, 5) is 12.9. The summed E-state index contributed by atoms with van der Waals surface area (Å²) in [5, 5.41) is 4.90. The quantitative estimate of drug-likeness (QED) is 0.634. The normalized spacial score (nSPS) is 12.3. The van der Waals surface area contributed by atoms with E-state index in [1.54, 1.807) is 0 Å². The number of carbonyl (C=O) groups is 1. The van der Waals surface area contributed by atoms with Gasteiger partial charge in [0.25, 0.3) is 0 Å². The number of benzene rings is 2. The molecule has 3 rings (SSSR count). The molecule has 0 radical (unpaired) electrons. The van der Waals surface area contributed by atoms with Crippen LogP contribution in [0.15, 0.2) is 48.7 Å². The van der Waals surface area contributed by atoms with Gasteiger partial charge in [-0.1, -0.05) is 43.6 Å². The van der Waals surface area contributed by atoms with Crippen molar-refractivity contribution < 1.29 is 4.79 Å². The molecule has 1 heterocycles. The van der Waals surface area contributed by atoms with Crippen molar-refractivity contribution in [3.63, 3.8) is 0 Å². The third-order valence-electron chi connectivity index (χ3n) is 4.73. The number of halogens is 1. The second-order valence-electron chi connectivity index (χ2n) is 6.25. The molecule has 3 nitrogen and oxygen atoms in total. The Morgan fingerprint density at radius 1 is 1.12 bits per heavy atom. The molecule has 1 amide bonds. The Bertz CT molecular complexity index is 891. The van der Waals surface area contributed by atoms with Gasteiger partial charge in [-0.05, 0) is 55.2 Å². The van der Waals surface area contributed by atoms with E-state index >= 15 is 0 Å². The average Bonchev–Trinajstić information content (AvgIpc) is 3.03. The molecule has 4 heteroatoms. The maximum atomic E-state index is 12.9. The van der Waals surface area contributed by atoms with Crippen LogP contribution < -0.4 is 5.32 Å². The van der Waals surface area contributed by atoms with Gasteiger partial charge in [0, 0.05) is 27.8 Å². The molecule has 0 spiro atoms. The zero-order valence-electron chi connectivity index (χ0n) is 14.8. The van der Waals surface area contributed by atoms with Crippen LogP contribution in [0.1, 0.15) is 37.9 Å². The Hall–Kier alpha value is -2.26. The second kappa shape index (κ2) is 7.32. The van der Waals surface area contributed by atoms with Crippen LogP contribution in [-0.4, -0.2) is 10.5 Å². The average molecular weight is 355 g/mol. The molecule has 2 aromatic carbocycles. The van der Waals surface area contributed by atoms with Gasteiger partial charge in [0.1, 0.15) is 6.04 Å². The smallest absolute Gasteiger partial charge is 0.247 e. The minimum atomic E-state index is -0.312. The maximum absolute atomic E-state index is 12.9. The largest absolute Gasteiger partial charge is 0.335 e. The predicted molar refractivity (Wildman–Crippen MR) is 105 cm³/mol. The van der Waals surface area contributed by atoms with Gasteiger partial charge in [-0.2, -0.15) is 0 Å². The highest BCUT2D eigenvalue weighted by atomic mass is 35.5. The molecular weight excluding hydrogens is 332 g/mol. The third-order valence-corrected chi connectivity index (χ3v) is 4.96. The Labute approximate surface area is 153 Å². The van der Waals surface area contributed by atoms with Crippen molar-refractivity contribution in [2.45, 2.75) is 39.7 Å². The first-order chi connectivity index (χ1) is 12.0. The molecule has 0 aliphatic carbocycles. The van der Waals surface area contributed by atoms with Gasteiger partial charge in [0.2, 0.25) is 5.91 Å². The molecule has 0 fully saturated rings. The number of anilines is 1. The van der Waals surface area contributed by atoms with Crippen LogP contribution in [0.2, 0.25) is 5.02 Å². The van der Waals surface area contributed by atoms with Crippen LogP contribution in [0.25, 0.3) is 10.9 Å². The maximum Gasteiger partial charge on any atom is 0.247 e. The molecule has 1 unspecified atom stereocenters. The Kier molecular flexibility index (Phi) is 5.14. The van der Waals surface area contributed by atoms with Gasteiger partial charge in [-0.3, -0.25) is 4.79 Å². The lowest BCUT2D eigenvalue weighted by Gasteiger charge is -2.19. The highest BCUT2D eigenvalue weighted by Crippen LogP contribution is 2.26. The summed E-state index contributed by atoms with van der Waals surface area (Å²) in [5.41, 5.74) is 4.31. The number of para-hydroxylation sites is 1. The number of hydrogen-bond acceptors (Lipinski definition) is 1. The molecule has 0 aliphatic heterocycles. The van der Waals surface area contributed by atoms with Crippen LogP contribution in [0.5, 0.6) is 0 Å². The summed E-state index contributed by atoms with van der Waals surface area (Å²) >= 11 is 6.06. The summed E-state index contributed by atoms with van der Waals surface area (Å²) in [6.07, 6.45) is 3.73. The predicted octanol–water partition coefficient (Wildman–Crippen LogP) is 5.62. The van der Waals surface area contributed by atoms with E-state index in [4.69, 9.17) is 11.6 Å². The van der Waals surface area contributed by atoms with Crippen molar-refractivity contribution in [2.24, 2.45) is 0 Å². The number of fused-ring (bicyclic) bond motifs is 1. The minimum Gasteiger partial charge on any atom is -0.335 e. The molecular formula is C21H23ClN2O. The van der Waals surface area contributed by atoms with Gasteiger partial charge in [0.05, 0.1) is 0 Å². The van der Waals surface area contributed by atoms with Gasteiger partial charge >= 0.3 is 0 Å². The first-order valence-corrected chi connectivity index (χ1v) is 9.10. The van der Waals surface area contributed by atoms with E-state index in [9.17, 15) is 4.79 Å². The summed E-state index contributed by atoms with van der Waals surface area (Å²) < 4.78 is 1.99. The fourth-order valence-electron chi connectivity index (χ4n) is 3.23. The van der Waals surface area contributed by atoms with Gasteiger partial charge in [-0.25, -0.2) is 0 Å². The van der Waals surface area contributed by atoms with E-state index in [-0.39, 0.29) is 11.9 Å². The first-order valence-electron chi connectivity index (χ1n) is 8.72. The van der Waals surface area contributed by atoms with Crippen LogP contribution in [-0.2, 0) is 17.6 Å². The lowest BCUT2D eigenvalue weighted by atomic mass is 10.0. The molecule has 0 saturated carbocycles. The molecule has 1 aromatic heterocycles. The number of amides is 1. The number of aryl methyl sites for hydroxylation is 2. The fraction of sp³-hybridized carbons (Fsp3) is 0.286. The molecule has 1 atom stereocenters. The molecule has 0 saturated heterocycles. The zero-order valence-corrected chi connectivity index (χ0v) is 15.6. The number of aromatic nitrogens is 1. The Morgan fingerprint density at radius 3 is 2.44 bits per heavy atom. The van der Waals surface area contributed by atoms with Crippen molar-refractivity contribution in [1.82, 2.24) is 4.57 Å². The summed E-state index contributed by atoms with van der Waals surface area (Å²) in [5.74, 6) is -0.0111. The van der Waals surface area contributed by atoms with E-state index < -0.39 is 0 Å². The third kappa shape index (κ3) is 3.42. The molecule has 0 bridgehead atoms. The SMILES string of the molecule is CCc1cccc(CC)c1NC(=O)C(C)n1ccc2cc(Cl)ccc21. The van der Waals surface area contributed by atoms with Crippen LogP contribution in [0, 0.1) is 0 Å². The van der Waals surface area contributed by atoms with Crippen LogP contribution in [0.4, 0.5) is 5.69 Å². The van der Waals surface area contributed by atoms with Gasteiger partial charge < -0.3 is 9.88 Å². The summed E-state index contributed by atoms with van der Waals surface area (Å²) in [6.45, 7) is 6.14. The minimum absolute atomic E-state index is 0.0111. The lowest BCUT2D eigenvalue weighted by molar-refractivity contribution is -0.118. The number of rotatable bonds is 5. The zero-order chi connectivity index (χ0) is 18.0.